The number of carboxylic acid groups (broad SMARTS) is 2. The highest BCUT2D eigenvalue weighted by Crippen LogP contribution is 2.37. The van der Waals surface area contributed by atoms with Crippen LogP contribution in [0.1, 0.15) is 22.8 Å². The molecule has 2 aromatic carbocycles. The molecule has 9 heteroatoms. The Hall–Kier alpha value is -3.17. The van der Waals surface area contributed by atoms with Gasteiger partial charge in [-0.05, 0) is 43.3 Å². The number of anilines is 1. The second kappa shape index (κ2) is 8.46. The molecule has 148 valence electrons. The van der Waals surface area contributed by atoms with Gasteiger partial charge >= 0.3 is 11.9 Å². The number of rotatable bonds is 6. The quantitative estimate of drug-likeness (QED) is 0.530. The lowest BCUT2D eigenvalue weighted by atomic mass is 10.1. The minimum Gasteiger partial charge on any atom is -0.479 e. The van der Waals surface area contributed by atoms with E-state index in [1.54, 1.807) is 30.3 Å². The molecule has 2 aromatic rings. The number of carbonyl (C=O) groups excluding carboxylic acids is 1. The largest absolute Gasteiger partial charge is 0.479 e. The molecule has 0 radical (unpaired) electrons. The van der Waals surface area contributed by atoms with Crippen molar-refractivity contribution in [2.45, 2.75) is 13.0 Å². The van der Waals surface area contributed by atoms with E-state index in [-0.39, 0.29) is 11.5 Å². The fourth-order valence-electron chi connectivity index (χ4n) is 2.53. The van der Waals surface area contributed by atoms with E-state index in [9.17, 15) is 14.4 Å². The van der Waals surface area contributed by atoms with Crippen molar-refractivity contribution < 1.29 is 29.3 Å². The van der Waals surface area contributed by atoms with Gasteiger partial charge < -0.3 is 14.9 Å². The Morgan fingerprint density at radius 2 is 1.79 bits per heavy atom. The van der Waals surface area contributed by atoms with E-state index in [2.05, 4.69) is 0 Å². The number of thiocarbonyl (C=S) groups is 1. The van der Waals surface area contributed by atoms with Crippen LogP contribution >= 0.6 is 24.0 Å². The smallest absolute Gasteiger partial charge is 0.344 e. The van der Waals surface area contributed by atoms with Gasteiger partial charge in [-0.3, -0.25) is 9.69 Å². The fraction of sp³-hybridized carbons (Fsp3) is 0.100. The Morgan fingerprint density at radius 1 is 1.14 bits per heavy atom. The van der Waals surface area contributed by atoms with Crippen molar-refractivity contribution in [1.82, 2.24) is 0 Å². The zero-order chi connectivity index (χ0) is 21.1. The molecule has 0 bridgehead atoms. The Labute approximate surface area is 175 Å². The zero-order valence-electron chi connectivity index (χ0n) is 15.1. The monoisotopic (exact) mass is 429 g/mol. The summed E-state index contributed by atoms with van der Waals surface area (Å²) in [6, 6.07) is 12.6. The Bertz CT molecular complexity index is 1030. The molecule has 1 atom stereocenters. The van der Waals surface area contributed by atoms with Gasteiger partial charge in [-0.25, -0.2) is 9.59 Å². The number of aliphatic carboxylic acids is 1. The number of para-hydroxylation sites is 1. The van der Waals surface area contributed by atoms with Crippen molar-refractivity contribution >= 4 is 57.9 Å². The number of carbonyl (C=O) groups is 3. The number of ether oxygens (including phenoxy) is 1. The highest BCUT2D eigenvalue weighted by molar-refractivity contribution is 8.27. The fourth-order valence-corrected chi connectivity index (χ4v) is 3.82. The predicted octanol–water partition coefficient (Wildman–Crippen LogP) is 3.64. The average molecular weight is 429 g/mol. The summed E-state index contributed by atoms with van der Waals surface area (Å²) in [5.74, 6) is -2.19. The van der Waals surface area contributed by atoms with Gasteiger partial charge in [0.05, 0.1) is 16.2 Å². The topological polar surface area (TPSA) is 104 Å². The van der Waals surface area contributed by atoms with Gasteiger partial charge in [-0.2, -0.15) is 0 Å². The van der Waals surface area contributed by atoms with Gasteiger partial charge in [0.1, 0.15) is 5.75 Å². The molecular formula is C20H15NO6S2. The normalized spacial score (nSPS) is 16.2. The highest BCUT2D eigenvalue weighted by Gasteiger charge is 2.33. The first-order valence-corrected chi connectivity index (χ1v) is 9.60. The van der Waals surface area contributed by atoms with Gasteiger partial charge in [0.2, 0.25) is 0 Å². The van der Waals surface area contributed by atoms with E-state index in [1.165, 1.54) is 36.1 Å². The van der Waals surface area contributed by atoms with Gasteiger partial charge in [0.25, 0.3) is 5.91 Å². The molecule has 0 saturated carbocycles. The molecular weight excluding hydrogens is 414 g/mol. The predicted molar refractivity (Wildman–Crippen MR) is 113 cm³/mol. The molecule has 1 amide bonds. The summed E-state index contributed by atoms with van der Waals surface area (Å²) in [7, 11) is 0. The third kappa shape index (κ3) is 4.47. The van der Waals surface area contributed by atoms with Crippen LogP contribution in [0.2, 0.25) is 0 Å². The Kier molecular flexibility index (Phi) is 6.00. The molecule has 2 N–H and O–H groups in total. The van der Waals surface area contributed by atoms with Crippen molar-refractivity contribution in [2.24, 2.45) is 0 Å². The maximum atomic E-state index is 12.9. The van der Waals surface area contributed by atoms with E-state index in [4.69, 9.17) is 27.2 Å². The van der Waals surface area contributed by atoms with Gasteiger partial charge in [0.15, 0.2) is 10.4 Å². The van der Waals surface area contributed by atoms with Crippen LogP contribution in [-0.4, -0.2) is 38.5 Å². The lowest BCUT2D eigenvalue weighted by molar-refractivity contribution is -0.144. The van der Waals surface area contributed by atoms with Crippen LogP contribution in [0.3, 0.4) is 0 Å². The SMILES string of the molecule is CC(Oc1ccccc1/C=C1\SC(=S)N(c2ccc(C(=O)O)cc2)C1=O)C(=O)O. The maximum absolute atomic E-state index is 12.9. The first-order valence-electron chi connectivity index (χ1n) is 8.37. The number of hydrogen-bond acceptors (Lipinski definition) is 6. The van der Waals surface area contributed by atoms with Crippen LogP contribution in [-0.2, 0) is 9.59 Å². The molecule has 1 saturated heterocycles. The lowest BCUT2D eigenvalue weighted by Gasteiger charge is -2.14. The zero-order valence-corrected chi connectivity index (χ0v) is 16.7. The summed E-state index contributed by atoms with van der Waals surface area (Å²) in [4.78, 5) is 36.6. The standard InChI is InChI=1S/C20H15NO6S2/c1-11(18(23)24)27-15-5-3-2-4-13(15)10-16-17(22)21(20(28)29-16)14-8-6-12(7-9-14)19(25)26/h2-11H,1H3,(H,23,24)(H,25,26)/b16-10-. The minimum atomic E-state index is -1.10. The number of aromatic carboxylic acids is 1. The van der Waals surface area contributed by atoms with E-state index >= 15 is 0 Å². The summed E-state index contributed by atoms with van der Waals surface area (Å²) in [5, 5.41) is 18.1. The second-order valence-electron chi connectivity index (χ2n) is 6.01. The molecule has 3 rings (SSSR count). The first kappa shape index (κ1) is 20.6. The Morgan fingerprint density at radius 3 is 2.41 bits per heavy atom. The molecule has 1 fully saturated rings. The van der Waals surface area contributed by atoms with E-state index in [0.29, 0.717) is 26.2 Å². The Balaban J connectivity index is 1.89. The molecule has 0 spiro atoms. The van der Waals surface area contributed by atoms with Gasteiger partial charge in [-0.1, -0.05) is 42.2 Å². The van der Waals surface area contributed by atoms with Crippen LogP contribution < -0.4 is 9.64 Å². The van der Waals surface area contributed by atoms with Crippen LogP contribution in [0.15, 0.2) is 53.4 Å². The van der Waals surface area contributed by atoms with Crippen molar-refractivity contribution in [1.29, 1.82) is 0 Å². The number of thioether (sulfide) groups is 1. The molecule has 29 heavy (non-hydrogen) atoms. The molecule has 1 unspecified atom stereocenters. The maximum Gasteiger partial charge on any atom is 0.344 e. The first-order chi connectivity index (χ1) is 13.8. The van der Waals surface area contributed by atoms with Crippen LogP contribution in [0.4, 0.5) is 5.69 Å². The number of hydrogen-bond donors (Lipinski definition) is 2. The lowest BCUT2D eigenvalue weighted by Crippen LogP contribution is -2.27. The van der Waals surface area contributed by atoms with Crippen molar-refractivity contribution in [3.8, 4) is 5.75 Å². The molecule has 0 aromatic heterocycles. The van der Waals surface area contributed by atoms with E-state index in [0.717, 1.165) is 11.8 Å². The van der Waals surface area contributed by atoms with Crippen molar-refractivity contribution in [3.63, 3.8) is 0 Å². The number of amides is 1. The third-order valence-electron chi connectivity index (χ3n) is 4.02. The molecule has 1 heterocycles. The minimum absolute atomic E-state index is 0.105. The molecule has 0 aliphatic carbocycles. The summed E-state index contributed by atoms with van der Waals surface area (Å²) < 4.78 is 5.77. The number of nitrogens with zero attached hydrogens (tertiary/aromatic N) is 1. The summed E-state index contributed by atoms with van der Waals surface area (Å²) in [6.45, 7) is 1.42. The molecule has 1 aliphatic rings. The summed E-state index contributed by atoms with van der Waals surface area (Å²) in [6.07, 6.45) is 0.543. The van der Waals surface area contributed by atoms with Crippen LogP contribution in [0.25, 0.3) is 6.08 Å². The molecule has 7 nitrogen and oxygen atoms in total. The van der Waals surface area contributed by atoms with Crippen molar-refractivity contribution in [3.05, 3.63) is 64.6 Å². The summed E-state index contributed by atoms with van der Waals surface area (Å²) >= 11 is 6.41. The van der Waals surface area contributed by atoms with Gasteiger partial charge in [-0.15, -0.1) is 0 Å². The van der Waals surface area contributed by atoms with E-state index in [1.807, 2.05) is 0 Å². The highest BCUT2D eigenvalue weighted by atomic mass is 32.2. The van der Waals surface area contributed by atoms with Crippen molar-refractivity contribution in [2.75, 3.05) is 4.90 Å². The van der Waals surface area contributed by atoms with Crippen LogP contribution in [0, 0.1) is 0 Å². The number of carboxylic acids is 2. The number of benzene rings is 2. The van der Waals surface area contributed by atoms with Gasteiger partial charge in [0, 0.05) is 5.56 Å². The molecule has 1 aliphatic heterocycles. The second-order valence-corrected chi connectivity index (χ2v) is 7.68. The summed E-state index contributed by atoms with van der Waals surface area (Å²) in [5.41, 5.74) is 1.11. The van der Waals surface area contributed by atoms with Crippen LogP contribution in [0.5, 0.6) is 5.75 Å². The van der Waals surface area contributed by atoms with E-state index < -0.39 is 18.0 Å². The average Bonchev–Trinajstić information content (AvgIpc) is 2.96. The third-order valence-corrected chi connectivity index (χ3v) is 5.33.